The molecule has 1 rings (SSSR count). The summed E-state index contributed by atoms with van der Waals surface area (Å²) in [6, 6.07) is 7.62. The number of methoxy groups -OCH3 is 1. The first kappa shape index (κ1) is 21.2. The molecule has 0 radical (unpaired) electrons. The summed E-state index contributed by atoms with van der Waals surface area (Å²) < 4.78 is 10.8. The Hall–Kier alpha value is -2.80. The molecule has 0 unspecified atom stereocenters. The average molecular weight is 337 g/mol. The van der Waals surface area contributed by atoms with Crippen LogP contribution < -0.4 is 9.47 Å². The Bertz CT molecular complexity index is 522. The second kappa shape index (κ2) is 12.7. The van der Waals surface area contributed by atoms with Gasteiger partial charge in [0.15, 0.2) is 0 Å². The van der Waals surface area contributed by atoms with E-state index in [9.17, 15) is 0 Å². The number of ether oxygens (including phenoxy) is 2. The molecule has 0 aliphatic carbocycles. The van der Waals surface area contributed by atoms with E-state index in [0.29, 0.717) is 6.61 Å². The van der Waals surface area contributed by atoms with E-state index in [1.807, 2.05) is 36.4 Å². The number of benzene rings is 1. The number of nitrogens with zero attached hydrogens (tertiary/aromatic N) is 1. The first-order valence-corrected chi connectivity index (χ1v) is 7.11. The molecule has 132 valence electrons. The van der Waals surface area contributed by atoms with Gasteiger partial charge < -0.3 is 19.7 Å². The normalized spacial score (nSPS) is 9.42. The number of carboxylic acid groups (broad SMARTS) is 2. The highest BCUT2D eigenvalue weighted by atomic mass is 16.5. The number of hydrogen-bond donors (Lipinski definition) is 2. The summed E-state index contributed by atoms with van der Waals surface area (Å²) in [4.78, 5) is 20.4. The van der Waals surface area contributed by atoms with E-state index in [4.69, 9.17) is 29.3 Å². The van der Waals surface area contributed by atoms with E-state index in [2.05, 4.69) is 18.1 Å². The summed E-state index contributed by atoms with van der Waals surface area (Å²) in [6.07, 6.45) is 3.77. The molecule has 0 fully saturated rings. The van der Waals surface area contributed by atoms with Crippen molar-refractivity contribution < 1.29 is 29.3 Å². The minimum Gasteiger partial charge on any atom is -0.497 e. The molecular formula is C17H23NO6. The van der Waals surface area contributed by atoms with Gasteiger partial charge in [0.05, 0.1) is 7.11 Å². The van der Waals surface area contributed by atoms with Crippen molar-refractivity contribution in [2.75, 3.05) is 33.4 Å². The van der Waals surface area contributed by atoms with Gasteiger partial charge in [0.25, 0.3) is 0 Å². The predicted octanol–water partition coefficient (Wildman–Crippen LogP) is 1.90. The Labute approximate surface area is 141 Å². The van der Waals surface area contributed by atoms with Gasteiger partial charge in [-0.1, -0.05) is 18.2 Å². The van der Waals surface area contributed by atoms with Crippen LogP contribution in [0.4, 0.5) is 0 Å². The predicted molar refractivity (Wildman–Crippen MR) is 90.6 cm³/mol. The lowest BCUT2D eigenvalue weighted by Gasteiger charge is -2.18. The van der Waals surface area contributed by atoms with E-state index < -0.39 is 11.9 Å². The van der Waals surface area contributed by atoms with Gasteiger partial charge in [-0.2, -0.15) is 0 Å². The van der Waals surface area contributed by atoms with E-state index in [1.165, 1.54) is 0 Å². The third-order valence-electron chi connectivity index (χ3n) is 2.67. The van der Waals surface area contributed by atoms with E-state index in [-0.39, 0.29) is 0 Å². The van der Waals surface area contributed by atoms with Gasteiger partial charge in [-0.05, 0) is 12.1 Å². The summed E-state index contributed by atoms with van der Waals surface area (Å²) in [7, 11) is 1.65. The number of carbonyl (C=O) groups is 2. The number of hydrogen-bond acceptors (Lipinski definition) is 5. The van der Waals surface area contributed by atoms with Crippen molar-refractivity contribution in [3.05, 3.63) is 49.6 Å². The molecule has 1 aromatic rings. The maximum atomic E-state index is 9.10. The van der Waals surface area contributed by atoms with Crippen LogP contribution in [0.5, 0.6) is 11.5 Å². The number of carboxylic acids is 2. The van der Waals surface area contributed by atoms with Crippen molar-refractivity contribution in [3.63, 3.8) is 0 Å². The third-order valence-corrected chi connectivity index (χ3v) is 2.67. The molecule has 7 heteroatoms. The van der Waals surface area contributed by atoms with Crippen molar-refractivity contribution in [2.24, 2.45) is 0 Å². The fourth-order valence-electron chi connectivity index (χ4n) is 1.61. The Balaban J connectivity index is 0.000000754. The average Bonchev–Trinajstić information content (AvgIpc) is 2.56. The smallest absolute Gasteiger partial charge is 0.414 e. The lowest BCUT2D eigenvalue weighted by atomic mass is 10.3. The molecule has 0 heterocycles. The molecule has 0 spiro atoms. The van der Waals surface area contributed by atoms with Gasteiger partial charge >= 0.3 is 11.9 Å². The SMILES string of the molecule is C=CCN(CC=C)CCOc1cccc(OC)c1.O=C(O)C(=O)O. The van der Waals surface area contributed by atoms with Crippen LogP contribution in [0, 0.1) is 0 Å². The quantitative estimate of drug-likeness (QED) is 0.525. The van der Waals surface area contributed by atoms with Crippen LogP contribution in [0.2, 0.25) is 0 Å². The zero-order valence-corrected chi connectivity index (χ0v) is 13.7. The minimum atomic E-state index is -1.82. The molecule has 24 heavy (non-hydrogen) atoms. The lowest BCUT2D eigenvalue weighted by Crippen LogP contribution is -2.28. The van der Waals surface area contributed by atoms with Crippen molar-refractivity contribution >= 4 is 11.9 Å². The molecule has 0 bridgehead atoms. The summed E-state index contributed by atoms with van der Waals surface area (Å²) >= 11 is 0. The topological polar surface area (TPSA) is 96.3 Å². The molecule has 1 aromatic carbocycles. The largest absolute Gasteiger partial charge is 0.497 e. The molecule has 0 aliphatic rings. The first-order valence-electron chi connectivity index (χ1n) is 7.11. The highest BCUT2D eigenvalue weighted by Crippen LogP contribution is 2.18. The van der Waals surface area contributed by atoms with E-state index >= 15 is 0 Å². The molecule has 0 saturated carbocycles. The second-order valence-electron chi connectivity index (χ2n) is 4.47. The van der Waals surface area contributed by atoms with Crippen LogP contribution in [-0.2, 0) is 9.59 Å². The molecule has 0 atom stereocenters. The molecule has 0 aliphatic heterocycles. The van der Waals surface area contributed by atoms with E-state index in [0.717, 1.165) is 31.1 Å². The molecule has 2 N–H and O–H groups in total. The van der Waals surface area contributed by atoms with Gasteiger partial charge in [0, 0.05) is 25.7 Å². The van der Waals surface area contributed by atoms with Crippen LogP contribution in [0.3, 0.4) is 0 Å². The van der Waals surface area contributed by atoms with Gasteiger partial charge in [-0.3, -0.25) is 4.90 Å². The summed E-state index contributed by atoms with van der Waals surface area (Å²) in [5.74, 6) is -2.02. The molecule has 0 saturated heterocycles. The highest BCUT2D eigenvalue weighted by molar-refractivity contribution is 6.27. The summed E-state index contributed by atoms with van der Waals surface area (Å²) in [5, 5.41) is 14.8. The molecule has 7 nitrogen and oxygen atoms in total. The van der Waals surface area contributed by atoms with Crippen LogP contribution in [0.1, 0.15) is 0 Å². The maximum Gasteiger partial charge on any atom is 0.414 e. The van der Waals surface area contributed by atoms with Crippen molar-refractivity contribution in [1.29, 1.82) is 0 Å². The Kier molecular flexibility index (Phi) is 11.2. The lowest BCUT2D eigenvalue weighted by molar-refractivity contribution is -0.159. The maximum absolute atomic E-state index is 9.10. The zero-order chi connectivity index (χ0) is 18.4. The number of aliphatic carboxylic acids is 2. The molecule has 0 amide bonds. The Morgan fingerprint density at radius 1 is 1.12 bits per heavy atom. The Morgan fingerprint density at radius 2 is 1.67 bits per heavy atom. The Morgan fingerprint density at radius 3 is 2.12 bits per heavy atom. The van der Waals surface area contributed by atoms with Crippen molar-refractivity contribution in [1.82, 2.24) is 4.90 Å². The second-order valence-corrected chi connectivity index (χ2v) is 4.47. The van der Waals surface area contributed by atoms with Gasteiger partial charge in [0.2, 0.25) is 0 Å². The standard InChI is InChI=1S/C15H21NO2.C2H2O4/c1-4-9-16(10-5-2)11-12-18-15-8-6-7-14(13-15)17-3;3-1(4)2(5)6/h4-8,13H,1-2,9-12H2,3H3;(H,3,4)(H,5,6). The monoisotopic (exact) mass is 337 g/mol. The number of rotatable bonds is 9. The third kappa shape index (κ3) is 10.0. The fraction of sp³-hybridized carbons (Fsp3) is 0.294. The molecular weight excluding hydrogens is 314 g/mol. The first-order chi connectivity index (χ1) is 11.4. The summed E-state index contributed by atoms with van der Waals surface area (Å²) in [5.41, 5.74) is 0. The van der Waals surface area contributed by atoms with Crippen LogP contribution in [0.15, 0.2) is 49.6 Å². The van der Waals surface area contributed by atoms with Crippen LogP contribution in [-0.4, -0.2) is 60.4 Å². The van der Waals surface area contributed by atoms with Crippen LogP contribution in [0.25, 0.3) is 0 Å². The molecule has 0 aromatic heterocycles. The van der Waals surface area contributed by atoms with Gasteiger partial charge in [-0.15, -0.1) is 13.2 Å². The zero-order valence-electron chi connectivity index (χ0n) is 13.7. The van der Waals surface area contributed by atoms with Gasteiger partial charge in [0.1, 0.15) is 18.1 Å². The fourth-order valence-corrected chi connectivity index (χ4v) is 1.61. The van der Waals surface area contributed by atoms with Crippen molar-refractivity contribution in [3.8, 4) is 11.5 Å². The van der Waals surface area contributed by atoms with Gasteiger partial charge in [-0.25, -0.2) is 9.59 Å². The minimum absolute atomic E-state index is 0.634. The van der Waals surface area contributed by atoms with E-state index in [1.54, 1.807) is 7.11 Å². The summed E-state index contributed by atoms with van der Waals surface area (Å²) in [6.45, 7) is 10.6. The van der Waals surface area contributed by atoms with Crippen molar-refractivity contribution in [2.45, 2.75) is 0 Å². The van der Waals surface area contributed by atoms with Crippen LogP contribution >= 0.6 is 0 Å². The highest BCUT2D eigenvalue weighted by Gasteiger charge is 2.04.